The fourth-order valence-corrected chi connectivity index (χ4v) is 2.58. The standard InChI is InChI=1S/C14H19NO4/c1-4-14(2,3)13(17)18-10-6-5-8-9(7-15)12(16)19-11(8)10/h8-11H,4-6H2,1-3H3. The van der Waals surface area contributed by atoms with Gasteiger partial charge in [-0.25, -0.2) is 0 Å². The van der Waals surface area contributed by atoms with E-state index in [9.17, 15) is 9.59 Å². The van der Waals surface area contributed by atoms with Gasteiger partial charge in [-0.05, 0) is 33.1 Å². The van der Waals surface area contributed by atoms with Crippen molar-refractivity contribution < 1.29 is 19.1 Å². The number of hydrogen-bond donors (Lipinski definition) is 0. The third-order valence-corrected chi connectivity index (χ3v) is 4.34. The Morgan fingerprint density at radius 2 is 2.21 bits per heavy atom. The van der Waals surface area contributed by atoms with Crippen molar-refractivity contribution >= 4 is 11.9 Å². The van der Waals surface area contributed by atoms with Gasteiger partial charge >= 0.3 is 11.9 Å². The first kappa shape index (κ1) is 13.9. The normalized spacial score (nSPS) is 33.5. The summed E-state index contributed by atoms with van der Waals surface area (Å²) in [5.74, 6) is -1.57. The van der Waals surface area contributed by atoms with E-state index in [0.29, 0.717) is 19.3 Å². The van der Waals surface area contributed by atoms with Crippen LogP contribution in [0, 0.1) is 28.6 Å². The van der Waals surface area contributed by atoms with Crippen LogP contribution in [0.5, 0.6) is 0 Å². The predicted molar refractivity (Wildman–Crippen MR) is 65.7 cm³/mol. The van der Waals surface area contributed by atoms with Gasteiger partial charge in [-0.2, -0.15) is 5.26 Å². The first-order chi connectivity index (χ1) is 8.90. The van der Waals surface area contributed by atoms with Crippen LogP contribution >= 0.6 is 0 Å². The Morgan fingerprint density at radius 1 is 1.53 bits per heavy atom. The number of esters is 2. The molecule has 1 saturated carbocycles. The van der Waals surface area contributed by atoms with E-state index in [2.05, 4.69) is 0 Å². The molecule has 2 aliphatic rings. The number of ether oxygens (including phenoxy) is 2. The average Bonchev–Trinajstić information content (AvgIpc) is 2.88. The quantitative estimate of drug-likeness (QED) is 0.727. The number of nitriles is 1. The summed E-state index contributed by atoms with van der Waals surface area (Å²) in [6.07, 6.45) is 1.21. The van der Waals surface area contributed by atoms with Crippen LogP contribution < -0.4 is 0 Å². The van der Waals surface area contributed by atoms with E-state index in [1.165, 1.54) is 0 Å². The third-order valence-electron chi connectivity index (χ3n) is 4.34. The molecule has 2 rings (SSSR count). The summed E-state index contributed by atoms with van der Waals surface area (Å²) < 4.78 is 10.7. The molecule has 5 nitrogen and oxygen atoms in total. The van der Waals surface area contributed by atoms with Gasteiger partial charge in [0.15, 0.2) is 5.92 Å². The maximum atomic E-state index is 12.0. The van der Waals surface area contributed by atoms with Gasteiger partial charge in [0.2, 0.25) is 0 Å². The first-order valence-electron chi connectivity index (χ1n) is 6.72. The van der Waals surface area contributed by atoms with Gasteiger partial charge in [-0.3, -0.25) is 9.59 Å². The highest BCUT2D eigenvalue weighted by atomic mass is 16.6. The minimum absolute atomic E-state index is 0.125. The van der Waals surface area contributed by atoms with E-state index in [4.69, 9.17) is 14.7 Å². The molecule has 0 bridgehead atoms. The lowest BCUT2D eigenvalue weighted by molar-refractivity contribution is -0.168. The van der Waals surface area contributed by atoms with E-state index in [1.807, 2.05) is 26.8 Å². The van der Waals surface area contributed by atoms with Crippen molar-refractivity contribution in [2.75, 3.05) is 0 Å². The van der Waals surface area contributed by atoms with Gasteiger partial charge in [0.25, 0.3) is 0 Å². The van der Waals surface area contributed by atoms with Crippen molar-refractivity contribution in [3.05, 3.63) is 0 Å². The van der Waals surface area contributed by atoms with Gasteiger partial charge in [0.1, 0.15) is 12.2 Å². The molecule has 0 radical (unpaired) electrons. The Labute approximate surface area is 112 Å². The molecule has 1 aliphatic heterocycles. The van der Waals surface area contributed by atoms with Crippen molar-refractivity contribution in [1.29, 1.82) is 5.26 Å². The lowest BCUT2D eigenvalue weighted by atomic mass is 9.90. The van der Waals surface area contributed by atoms with E-state index in [0.717, 1.165) is 0 Å². The minimum atomic E-state index is -0.701. The molecule has 5 heteroatoms. The Bertz CT molecular complexity index is 437. The maximum absolute atomic E-state index is 12.0. The molecule has 0 amide bonds. The molecule has 2 fully saturated rings. The molecule has 0 aromatic heterocycles. The lowest BCUT2D eigenvalue weighted by Gasteiger charge is -2.25. The molecule has 0 N–H and O–H groups in total. The molecule has 0 spiro atoms. The van der Waals surface area contributed by atoms with Crippen LogP contribution in [0.3, 0.4) is 0 Å². The van der Waals surface area contributed by atoms with Crippen LogP contribution in [0.4, 0.5) is 0 Å². The number of carbonyl (C=O) groups is 2. The van der Waals surface area contributed by atoms with E-state index >= 15 is 0 Å². The summed E-state index contributed by atoms with van der Waals surface area (Å²) >= 11 is 0. The summed E-state index contributed by atoms with van der Waals surface area (Å²) in [6.45, 7) is 5.60. The monoisotopic (exact) mass is 265 g/mol. The van der Waals surface area contributed by atoms with Gasteiger partial charge in [0, 0.05) is 5.92 Å². The number of fused-ring (bicyclic) bond motifs is 1. The van der Waals surface area contributed by atoms with Crippen molar-refractivity contribution in [3.63, 3.8) is 0 Å². The summed E-state index contributed by atoms with van der Waals surface area (Å²) in [5, 5.41) is 8.96. The van der Waals surface area contributed by atoms with E-state index in [-0.39, 0.29) is 11.9 Å². The number of nitrogens with zero attached hydrogens (tertiary/aromatic N) is 1. The van der Waals surface area contributed by atoms with Gasteiger partial charge in [-0.1, -0.05) is 6.92 Å². The van der Waals surface area contributed by atoms with Gasteiger partial charge in [-0.15, -0.1) is 0 Å². The summed E-state index contributed by atoms with van der Waals surface area (Å²) in [6, 6.07) is 1.99. The van der Waals surface area contributed by atoms with Crippen molar-refractivity contribution in [1.82, 2.24) is 0 Å². The van der Waals surface area contributed by atoms with Crippen LogP contribution in [-0.4, -0.2) is 24.1 Å². The highest BCUT2D eigenvalue weighted by molar-refractivity contribution is 5.79. The third kappa shape index (κ3) is 2.32. The zero-order chi connectivity index (χ0) is 14.2. The highest BCUT2D eigenvalue weighted by Gasteiger charge is 2.53. The summed E-state index contributed by atoms with van der Waals surface area (Å²) in [5.41, 5.74) is -0.532. The second kappa shape index (κ2) is 4.84. The summed E-state index contributed by atoms with van der Waals surface area (Å²) in [7, 11) is 0. The minimum Gasteiger partial charge on any atom is -0.458 e. The molecule has 0 aromatic carbocycles. The highest BCUT2D eigenvalue weighted by Crippen LogP contribution is 2.42. The van der Waals surface area contributed by atoms with Crippen LogP contribution in [0.15, 0.2) is 0 Å². The molecular weight excluding hydrogens is 246 g/mol. The fraction of sp³-hybridized carbons (Fsp3) is 0.786. The molecule has 1 aliphatic carbocycles. The van der Waals surface area contributed by atoms with Crippen LogP contribution in [0.25, 0.3) is 0 Å². The second-order valence-corrected chi connectivity index (χ2v) is 5.93. The van der Waals surface area contributed by atoms with Crippen molar-refractivity contribution in [2.45, 2.75) is 52.2 Å². The SMILES string of the molecule is CCC(C)(C)C(=O)OC1CCC2C(C#N)C(=O)OC12. The smallest absolute Gasteiger partial charge is 0.324 e. The number of carbonyl (C=O) groups excluding carboxylic acids is 2. The molecule has 19 heavy (non-hydrogen) atoms. The predicted octanol–water partition coefficient (Wildman–Crippen LogP) is 1.81. The van der Waals surface area contributed by atoms with E-state index in [1.54, 1.807) is 0 Å². The van der Waals surface area contributed by atoms with Crippen LogP contribution in [0.2, 0.25) is 0 Å². The Balaban J connectivity index is 2.04. The topological polar surface area (TPSA) is 76.4 Å². The van der Waals surface area contributed by atoms with Gasteiger partial charge in [0.05, 0.1) is 11.5 Å². The first-order valence-corrected chi connectivity index (χ1v) is 6.72. The zero-order valence-corrected chi connectivity index (χ0v) is 11.5. The van der Waals surface area contributed by atoms with Crippen LogP contribution in [0.1, 0.15) is 40.0 Å². The number of rotatable bonds is 3. The molecular formula is C14H19NO4. The molecule has 104 valence electrons. The van der Waals surface area contributed by atoms with Crippen LogP contribution in [-0.2, 0) is 19.1 Å². The van der Waals surface area contributed by atoms with Gasteiger partial charge < -0.3 is 9.47 Å². The Kier molecular flexibility index (Phi) is 3.53. The molecule has 1 heterocycles. The zero-order valence-electron chi connectivity index (χ0n) is 11.5. The molecule has 0 aromatic rings. The largest absolute Gasteiger partial charge is 0.458 e. The van der Waals surface area contributed by atoms with Crippen molar-refractivity contribution in [3.8, 4) is 6.07 Å². The van der Waals surface area contributed by atoms with Crippen molar-refractivity contribution in [2.24, 2.45) is 17.3 Å². The molecule has 4 atom stereocenters. The Morgan fingerprint density at radius 3 is 2.79 bits per heavy atom. The average molecular weight is 265 g/mol. The van der Waals surface area contributed by atoms with E-state index < -0.39 is 29.5 Å². The number of hydrogen-bond acceptors (Lipinski definition) is 5. The summed E-state index contributed by atoms with van der Waals surface area (Å²) in [4.78, 5) is 23.6. The molecule has 1 saturated heterocycles. The second-order valence-electron chi connectivity index (χ2n) is 5.93. The molecule has 4 unspecified atom stereocenters. The fourth-order valence-electron chi connectivity index (χ4n) is 2.58. The Hall–Kier alpha value is -1.57. The maximum Gasteiger partial charge on any atom is 0.324 e. The lowest BCUT2D eigenvalue weighted by Crippen LogP contribution is -2.35.